The van der Waals surface area contributed by atoms with Crippen molar-refractivity contribution in [2.24, 2.45) is 5.92 Å². The van der Waals surface area contributed by atoms with Gasteiger partial charge in [0.25, 0.3) is 6.01 Å². The molecule has 1 aromatic heterocycles. The molecular formula is C13H17N3O2. The van der Waals surface area contributed by atoms with Gasteiger partial charge in [0.15, 0.2) is 5.58 Å². The summed E-state index contributed by atoms with van der Waals surface area (Å²) in [4.78, 5) is 16.0. The molecule has 96 valence electrons. The zero-order chi connectivity index (χ0) is 13.1. The summed E-state index contributed by atoms with van der Waals surface area (Å²) in [5.41, 5.74) is 1.49. The van der Waals surface area contributed by atoms with Gasteiger partial charge in [0, 0.05) is 7.05 Å². The van der Waals surface area contributed by atoms with Crippen molar-refractivity contribution in [3.8, 4) is 0 Å². The number of oxazole rings is 1. The first-order valence-electron chi connectivity index (χ1n) is 5.95. The number of hydrogen-bond acceptors (Lipinski definition) is 4. The van der Waals surface area contributed by atoms with Crippen molar-refractivity contribution < 1.29 is 9.21 Å². The number of carbonyl (C=O) groups excluding carboxylic acids is 1. The summed E-state index contributed by atoms with van der Waals surface area (Å²) in [5.74, 6) is 0.0622. The van der Waals surface area contributed by atoms with Gasteiger partial charge >= 0.3 is 0 Å². The molecule has 5 heteroatoms. The van der Waals surface area contributed by atoms with Gasteiger partial charge in [-0.25, -0.2) is 0 Å². The van der Waals surface area contributed by atoms with Crippen LogP contribution < -0.4 is 10.6 Å². The molecule has 0 aliphatic rings. The van der Waals surface area contributed by atoms with E-state index in [1.165, 1.54) is 0 Å². The highest BCUT2D eigenvalue weighted by Gasteiger charge is 2.22. The third-order valence-electron chi connectivity index (χ3n) is 2.77. The Morgan fingerprint density at radius 1 is 1.33 bits per heavy atom. The minimum atomic E-state index is -0.358. The number of amides is 1. The lowest BCUT2D eigenvalue weighted by atomic mass is 10.0. The predicted molar refractivity (Wildman–Crippen MR) is 70.3 cm³/mol. The number of nitrogens with one attached hydrogen (secondary N) is 2. The number of likely N-dealkylation sites (N-methyl/N-ethyl adjacent to an activating group) is 1. The minimum absolute atomic E-state index is 0.0766. The van der Waals surface area contributed by atoms with Gasteiger partial charge in [0.2, 0.25) is 5.91 Å². The number of rotatable bonds is 4. The zero-order valence-electron chi connectivity index (χ0n) is 10.7. The Balaban J connectivity index is 2.23. The lowest BCUT2D eigenvalue weighted by Gasteiger charge is -2.19. The minimum Gasteiger partial charge on any atom is -0.424 e. The average Bonchev–Trinajstić information content (AvgIpc) is 2.77. The monoisotopic (exact) mass is 247 g/mol. The van der Waals surface area contributed by atoms with Crippen LogP contribution in [0.2, 0.25) is 0 Å². The molecule has 0 spiro atoms. The Kier molecular flexibility index (Phi) is 3.50. The van der Waals surface area contributed by atoms with Crippen molar-refractivity contribution in [3.63, 3.8) is 0 Å². The maximum Gasteiger partial charge on any atom is 0.296 e. The first-order valence-corrected chi connectivity index (χ1v) is 5.95. The van der Waals surface area contributed by atoms with Gasteiger partial charge in [-0.15, -0.1) is 0 Å². The molecule has 1 atom stereocenters. The van der Waals surface area contributed by atoms with Gasteiger partial charge in [-0.05, 0) is 18.1 Å². The first-order chi connectivity index (χ1) is 8.61. The van der Waals surface area contributed by atoms with Crippen LogP contribution in [0.4, 0.5) is 6.01 Å². The fraction of sp³-hybridized carbons (Fsp3) is 0.385. The summed E-state index contributed by atoms with van der Waals surface area (Å²) in [6.45, 7) is 3.94. The molecule has 0 radical (unpaired) electrons. The summed E-state index contributed by atoms with van der Waals surface area (Å²) in [7, 11) is 1.62. The number of anilines is 1. The number of fused-ring (bicyclic) bond motifs is 1. The molecule has 0 bridgehead atoms. The normalized spacial score (nSPS) is 12.7. The lowest BCUT2D eigenvalue weighted by molar-refractivity contribution is -0.122. The van der Waals surface area contributed by atoms with E-state index in [1.807, 2.05) is 38.1 Å². The van der Waals surface area contributed by atoms with Crippen molar-refractivity contribution in [2.45, 2.75) is 19.9 Å². The van der Waals surface area contributed by atoms with Crippen LogP contribution in [0.5, 0.6) is 0 Å². The van der Waals surface area contributed by atoms with Crippen molar-refractivity contribution in [3.05, 3.63) is 24.3 Å². The fourth-order valence-corrected chi connectivity index (χ4v) is 1.76. The van der Waals surface area contributed by atoms with Crippen LogP contribution in [0, 0.1) is 5.92 Å². The maximum atomic E-state index is 11.7. The highest BCUT2D eigenvalue weighted by molar-refractivity contribution is 5.84. The molecule has 18 heavy (non-hydrogen) atoms. The van der Waals surface area contributed by atoms with Crippen LogP contribution in [0.25, 0.3) is 11.1 Å². The van der Waals surface area contributed by atoms with Gasteiger partial charge in [0.1, 0.15) is 11.6 Å². The molecule has 2 rings (SSSR count). The molecule has 1 aromatic carbocycles. The van der Waals surface area contributed by atoms with E-state index in [-0.39, 0.29) is 17.9 Å². The number of aromatic nitrogens is 1. The van der Waals surface area contributed by atoms with Crippen LogP contribution in [0.15, 0.2) is 28.7 Å². The predicted octanol–water partition coefficient (Wildman–Crippen LogP) is 2.01. The molecule has 2 aromatic rings. The quantitative estimate of drug-likeness (QED) is 0.867. The van der Waals surface area contributed by atoms with E-state index < -0.39 is 0 Å². The van der Waals surface area contributed by atoms with Gasteiger partial charge in [0.05, 0.1) is 0 Å². The van der Waals surface area contributed by atoms with E-state index in [0.717, 1.165) is 5.52 Å². The van der Waals surface area contributed by atoms with E-state index in [2.05, 4.69) is 15.6 Å². The molecule has 1 amide bonds. The van der Waals surface area contributed by atoms with Crippen LogP contribution in [-0.4, -0.2) is 24.0 Å². The molecule has 0 saturated heterocycles. The molecule has 1 unspecified atom stereocenters. The Morgan fingerprint density at radius 3 is 2.67 bits per heavy atom. The van der Waals surface area contributed by atoms with Crippen molar-refractivity contribution in [1.29, 1.82) is 0 Å². The molecule has 0 saturated carbocycles. The van der Waals surface area contributed by atoms with E-state index in [9.17, 15) is 4.79 Å². The summed E-state index contributed by atoms with van der Waals surface area (Å²) in [6, 6.07) is 7.51. The van der Waals surface area contributed by atoms with Crippen LogP contribution in [-0.2, 0) is 4.79 Å². The highest BCUT2D eigenvalue weighted by atomic mass is 16.4. The smallest absolute Gasteiger partial charge is 0.296 e. The van der Waals surface area contributed by atoms with E-state index in [1.54, 1.807) is 7.05 Å². The lowest BCUT2D eigenvalue weighted by Crippen LogP contribution is -2.41. The average molecular weight is 247 g/mol. The topological polar surface area (TPSA) is 67.2 Å². The van der Waals surface area contributed by atoms with Gasteiger partial charge in [-0.1, -0.05) is 26.0 Å². The number of benzene rings is 1. The van der Waals surface area contributed by atoms with Crippen LogP contribution >= 0.6 is 0 Å². The molecule has 0 aliphatic heterocycles. The van der Waals surface area contributed by atoms with Crippen molar-refractivity contribution in [2.75, 3.05) is 12.4 Å². The summed E-state index contributed by atoms with van der Waals surface area (Å²) < 4.78 is 5.54. The van der Waals surface area contributed by atoms with Gasteiger partial charge < -0.3 is 15.1 Å². The SMILES string of the molecule is CNC(=O)C(Nc1nc2ccccc2o1)C(C)C. The van der Waals surface area contributed by atoms with Crippen molar-refractivity contribution in [1.82, 2.24) is 10.3 Å². The maximum absolute atomic E-state index is 11.7. The molecule has 2 N–H and O–H groups in total. The van der Waals surface area contributed by atoms with Crippen LogP contribution in [0.3, 0.4) is 0 Å². The summed E-state index contributed by atoms with van der Waals surface area (Å²) >= 11 is 0. The van der Waals surface area contributed by atoms with Crippen LogP contribution in [0.1, 0.15) is 13.8 Å². The Bertz CT molecular complexity index is 515. The first kappa shape index (κ1) is 12.4. The van der Waals surface area contributed by atoms with Gasteiger partial charge in [-0.2, -0.15) is 4.98 Å². The third kappa shape index (κ3) is 2.45. The number of para-hydroxylation sites is 2. The second-order valence-corrected chi connectivity index (χ2v) is 4.47. The molecule has 0 aliphatic carbocycles. The number of nitrogens with zero attached hydrogens (tertiary/aromatic N) is 1. The molecule has 0 fully saturated rings. The van der Waals surface area contributed by atoms with Gasteiger partial charge in [-0.3, -0.25) is 4.79 Å². The Labute approximate surface area is 106 Å². The van der Waals surface area contributed by atoms with Crippen molar-refractivity contribution >= 4 is 23.0 Å². The number of hydrogen-bond donors (Lipinski definition) is 2. The zero-order valence-corrected chi connectivity index (χ0v) is 10.7. The Hall–Kier alpha value is -2.04. The highest BCUT2D eigenvalue weighted by Crippen LogP contribution is 2.20. The molecular weight excluding hydrogens is 230 g/mol. The standard InChI is InChI=1S/C13H17N3O2/c1-8(2)11(12(17)14-3)16-13-15-9-6-4-5-7-10(9)18-13/h4-8,11H,1-3H3,(H,14,17)(H,15,16). The second-order valence-electron chi connectivity index (χ2n) is 4.47. The summed E-state index contributed by atoms with van der Waals surface area (Å²) in [5, 5.41) is 5.66. The fourth-order valence-electron chi connectivity index (χ4n) is 1.76. The van der Waals surface area contributed by atoms with E-state index in [4.69, 9.17) is 4.42 Å². The van der Waals surface area contributed by atoms with E-state index in [0.29, 0.717) is 11.6 Å². The largest absolute Gasteiger partial charge is 0.424 e. The molecule has 5 nitrogen and oxygen atoms in total. The molecule has 1 heterocycles. The summed E-state index contributed by atoms with van der Waals surface area (Å²) in [6.07, 6.45) is 0. The third-order valence-corrected chi connectivity index (χ3v) is 2.77. The van der Waals surface area contributed by atoms with E-state index >= 15 is 0 Å². The Morgan fingerprint density at radius 2 is 2.06 bits per heavy atom. The number of carbonyl (C=O) groups is 1. The second kappa shape index (κ2) is 5.08.